The Morgan fingerprint density at radius 3 is 2.85 bits per heavy atom. The van der Waals surface area contributed by atoms with Crippen molar-refractivity contribution < 1.29 is 14.7 Å². The van der Waals surface area contributed by atoms with Crippen LogP contribution in [0, 0.1) is 0 Å². The van der Waals surface area contributed by atoms with E-state index in [-0.39, 0.29) is 17.2 Å². The van der Waals surface area contributed by atoms with Gasteiger partial charge in [-0.25, -0.2) is 4.79 Å². The molecule has 1 aliphatic rings. The van der Waals surface area contributed by atoms with Crippen molar-refractivity contribution in [3.05, 3.63) is 29.3 Å². The third-order valence-corrected chi connectivity index (χ3v) is 3.54. The average Bonchev–Trinajstić information content (AvgIpc) is 2.51. The molecule has 20 heavy (non-hydrogen) atoms. The molecule has 3 N–H and O–H groups in total. The molecule has 0 radical (unpaired) electrons. The Labute approximate surface area is 117 Å². The average molecular weight is 277 g/mol. The molecule has 0 atom stereocenters. The molecule has 1 aliphatic heterocycles. The van der Waals surface area contributed by atoms with E-state index in [1.165, 1.54) is 0 Å². The minimum absolute atomic E-state index is 0.0586. The number of nitrogens with zero attached hydrogens (tertiary/aromatic N) is 2. The van der Waals surface area contributed by atoms with Crippen molar-refractivity contribution in [1.82, 2.24) is 9.80 Å². The molecular formula is C14H19N3O3. The van der Waals surface area contributed by atoms with E-state index in [9.17, 15) is 14.7 Å². The molecule has 6 heteroatoms. The number of nitrogen functional groups attached to an aromatic ring is 1. The van der Waals surface area contributed by atoms with Crippen molar-refractivity contribution in [1.29, 1.82) is 0 Å². The number of likely N-dealkylation sites (N-methyl/N-ethyl adjacent to an activating group) is 1. The van der Waals surface area contributed by atoms with Crippen LogP contribution in [0.1, 0.15) is 22.3 Å². The summed E-state index contributed by atoms with van der Waals surface area (Å²) < 4.78 is 0. The van der Waals surface area contributed by atoms with Crippen LogP contribution in [0.4, 0.5) is 5.69 Å². The molecule has 1 saturated heterocycles. The smallest absolute Gasteiger partial charge is 0.338 e. The minimum Gasteiger partial charge on any atom is -0.478 e. The van der Waals surface area contributed by atoms with E-state index in [1.807, 2.05) is 4.90 Å². The fraction of sp³-hybridized carbons (Fsp3) is 0.429. The summed E-state index contributed by atoms with van der Waals surface area (Å²) in [6.07, 6.45) is 0.882. The van der Waals surface area contributed by atoms with Gasteiger partial charge in [0.05, 0.1) is 12.1 Å². The summed E-state index contributed by atoms with van der Waals surface area (Å²) in [7, 11) is 1.79. The number of carboxylic acid groups (broad SMARTS) is 1. The summed E-state index contributed by atoms with van der Waals surface area (Å²) in [6.45, 7) is 2.23. The Hall–Kier alpha value is -2.08. The van der Waals surface area contributed by atoms with Gasteiger partial charge in [0.1, 0.15) is 0 Å². The fourth-order valence-electron chi connectivity index (χ4n) is 2.44. The van der Waals surface area contributed by atoms with E-state index >= 15 is 0 Å². The maximum Gasteiger partial charge on any atom is 0.338 e. The number of hydrogen-bond acceptors (Lipinski definition) is 4. The lowest BCUT2D eigenvalue weighted by molar-refractivity contribution is -0.130. The van der Waals surface area contributed by atoms with E-state index in [0.29, 0.717) is 18.7 Å². The van der Waals surface area contributed by atoms with Gasteiger partial charge in [0.15, 0.2) is 0 Å². The second-order valence-electron chi connectivity index (χ2n) is 5.07. The molecule has 0 bridgehead atoms. The van der Waals surface area contributed by atoms with Crippen LogP contribution in [0.15, 0.2) is 18.2 Å². The van der Waals surface area contributed by atoms with Gasteiger partial charge in [0.25, 0.3) is 0 Å². The Morgan fingerprint density at radius 2 is 2.15 bits per heavy atom. The zero-order chi connectivity index (χ0) is 14.7. The summed E-state index contributed by atoms with van der Waals surface area (Å²) in [6, 6.07) is 5.07. The number of rotatable bonds is 3. The Morgan fingerprint density at radius 1 is 1.40 bits per heavy atom. The van der Waals surface area contributed by atoms with Crippen LogP contribution in [0.2, 0.25) is 0 Å². The topological polar surface area (TPSA) is 86.9 Å². The SMILES string of the molecule is CN1CCCN(Cc2cccc(N)c2C(=O)O)CC1=O. The van der Waals surface area contributed by atoms with E-state index in [2.05, 4.69) is 0 Å². The summed E-state index contributed by atoms with van der Waals surface area (Å²) in [5, 5.41) is 9.25. The van der Waals surface area contributed by atoms with Gasteiger partial charge in [-0.1, -0.05) is 12.1 Å². The third kappa shape index (κ3) is 3.08. The molecule has 0 spiro atoms. The second-order valence-corrected chi connectivity index (χ2v) is 5.07. The number of nitrogens with two attached hydrogens (primary N) is 1. The zero-order valence-corrected chi connectivity index (χ0v) is 11.5. The van der Waals surface area contributed by atoms with E-state index in [1.54, 1.807) is 30.1 Å². The quantitative estimate of drug-likeness (QED) is 0.791. The Bertz CT molecular complexity index is 530. The van der Waals surface area contributed by atoms with Crippen LogP contribution in [0.5, 0.6) is 0 Å². The Balaban J connectivity index is 2.19. The van der Waals surface area contributed by atoms with Crippen LogP contribution >= 0.6 is 0 Å². The first-order valence-electron chi connectivity index (χ1n) is 6.56. The van der Waals surface area contributed by atoms with Crippen LogP contribution in [0.25, 0.3) is 0 Å². The highest BCUT2D eigenvalue weighted by Gasteiger charge is 2.21. The van der Waals surface area contributed by atoms with E-state index < -0.39 is 5.97 Å². The highest BCUT2D eigenvalue weighted by molar-refractivity contribution is 5.95. The first-order chi connectivity index (χ1) is 9.49. The maximum absolute atomic E-state index is 11.8. The van der Waals surface area contributed by atoms with Crippen LogP contribution < -0.4 is 5.73 Å². The summed E-state index contributed by atoms with van der Waals surface area (Å²) in [5.41, 5.74) is 6.78. The predicted molar refractivity (Wildman–Crippen MR) is 75.3 cm³/mol. The van der Waals surface area contributed by atoms with Crippen molar-refractivity contribution >= 4 is 17.6 Å². The normalized spacial score (nSPS) is 17.1. The van der Waals surface area contributed by atoms with Gasteiger partial charge in [0, 0.05) is 32.4 Å². The molecular weight excluding hydrogens is 258 g/mol. The largest absolute Gasteiger partial charge is 0.478 e. The molecule has 0 aromatic heterocycles. The molecule has 0 unspecified atom stereocenters. The van der Waals surface area contributed by atoms with E-state index in [0.717, 1.165) is 19.5 Å². The Kier molecular flexibility index (Phi) is 4.24. The van der Waals surface area contributed by atoms with Crippen molar-refractivity contribution in [2.24, 2.45) is 0 Å². The van der Waals surface area contributed by atoms with E-state index in [4.69, 9.17) is 5.73 Å². The third-order valence-electron chi connectivity index (χ3n) is 3.54. The molecule has 1 aromatic rings. The highest BCUT2D eigenvalue weighted by Crippen LogP contribution is 2.19. The van der Waals surface area contributed by atoms with Gasteiger partial charge in [-0.3, -0.25) is 9.69 Å². The summed E-state index contributed by atoms with van der Waals surface area (Å²) in [4.78, 5) is 26.8. The molecule has 1 amide bonds. The lowest BCUT2D eigenvalue weighted by Crippen LogP contribution is -2.34. The zero-order valence-electron chi connectivity index (χ0n) is 11.5. The molecule has 6 nitrogen and oxygen atoms in total. The molecule has 1 fully saturated rings. The van der Waals surface area contributed by atoms with Crippen molar-refractivity contribution in [3.63, 3.8) is 0 Å². The first kappa shape index (κ1) is 14.3. The summed E-state index contributed by atoms with van der Waals surface area (Å²) >= 11 is 0. The minimum atomic E-state index is -1.03. The predicted octanol–water partition coefficient (Wildman–Crippen LogP) is 0.631. The fourth-order valence-corrected chi connectivity index (χ4v) is 2.44. The van der Waals surface area contributed by atoms with Crippen LogP contribution in [-0.2, 0) is 11.3 Å². The molecule has 108 valence electrons. The van der Waals surface area contributed by atoms with Gasteiger partial charge in [-0.2, -0.15) is 0 Å². The van der Waals surface area contributed by atoms with Gasteiger partial charge in [0.2, 0.25) is 5.91 Å². The standard InChI is InChI=1S/C14H19N3O3/c1-16-6-3-7-17(9-12(16)18)8-10-4-2-5-11(15)13(10)14(19)20/h2,4-5H,3,6-9,15H2,1H3,(H,19,20). The number of carboxylic acids is 1. The van der Waals surface area contributed by atoms with Crippen molar-refractivity contribution in [2.75, 3.05) is 32.4 Å². The van der Waals surface area contributed by atoms with Crippen LogP contribution in [0.3, 0.4) is 0 Å². The number of anilines is 1. The molecule has 0 saturated carbocycles. The highest BCUT2D eigenvalue weighted by atomic mass is 16.4. The van der Waals surface area contributed by atoms with Gasteiger partial charge < -0.3 is 15.7 Å². The monoisotopic (exact) mass is 277 g/mol. The molecule has 2 rings (SSSR count). The van der Waals surface area contributed by atoms with Gasteiger partial charge >= 0.3 is 5.97 Å². The van der Waals surface area contributed by atoms with Gasteiger partial charge in [-0.15, -0.1) is 0 Å². The number of benzene rings is 1. The molecule has 1 aromatic carbocycles. The maximum atomic E-state index is 11.8. The number of hydrogen-bond donors (Lipinski definition) is 2. The number of carbonyl (C=O) groups excluding carboxylic acids is 1. The number of carbonyl (C=O) groups is 2. The summed E-state index contributed by atoms with van der Waals surface area (Å²) in [5.74, 6) is -0.973. The van der Waals surface area contributed by atoms with Crippen LogP contribution in [-0.4, -0.2) is 53.5 Å². The van der Waals surface area contributed by atoms with Crippen molar-refractivity contribution in [3.8, 4) is 0 Å². The van der Waals surface area contributed by atoms with Gasteiger partial charge in [-0.05, 0) is 18.1 Å². The number of amides is 1. The molecule has 0 aliphatic carbocycles. The first-order valence-corrected chi connectivity index (χ1v) is 6.56. The molecule has 1 heterocycles. The number of aromatic carboxylic acids is 1. The lowest BCUT2D eigenvalue weighted by Gasteiger charge is -2.20. The second kappa shape index (κ2) is 5.92. The lowest BCUT2D eigenvalue weighted by atomic mass is 10.0. The van der Waals surface area contributed by atoms with Crippen molar-refractivity contribution in [2.45, 2.75) is 13.0 Å².